The minimum Gasteiger partial charge on any atom is -0.360 e. The number of likely N-dealkylation sites (N-methyl/N-ethyl adjacent to an activating group) is 1. The van der Waals surface area contributed by atoms with Gasteiger partial charge < -0.3 is 15.1 Å². The van der Waals surface area contributed by atoms with Crippen molar-refractivity contribution in [3.8, 4) is 11.3 Å². The van der Waals surface area contributed by atoms with E-state index in [1.54, 1.807) is 6.20 Å². The van der Waals surface area contributed by atoms with E-state index in [1.165, 1.54) is 5.56 Å². The van der Waals surface area contributed by atoms with Crippen LogP contribution in [0.1, 0.15) is 12.0 Å². The molecule has 1 saturated heterocycles. The molecule has 8 rings (SSSR count). The Bertz CT molecular complexity index is 1180. The molecule has 0 saturated carbocycles. The molecular formula is C27H34N8O. The Labute approximate surface area is 212 Å². The Morgan fingerprint density at radius 1 is 0.889 bits per heavy atom. The summed E-state index contributed by atoms with van der Waals surface area (Å²) in [7, 11) is 4.08. The zero-order valence-electron chi connectivity index (χ0n) is 21.1. The van der Waals surface area contributed by atoms with E-state index in [2.05, 4.69) is 55.2 Å². The van der Waals surface area contributed by atoms with Gasteiger partial charge >= 0.3 is 0 Å². The zero-order chi connectivity index (χ0) is 24.9. The molecule has 7 heterocycles. The molecule has 1 N–H and O–H groups in total. The van der Waals surface area contributed by atoms with Crippen molar-refractivity contribution in [3.05, 3.63) is 60.4 Å². The Kier molecular flexibility index (Phi) is 7.39. The molecule has 2 aromatic heterocycles. The number of carbonyl (C=O) groups excluding carboxylic acids is 1. The zero-order valence-corrected chi connectivity index (χ0v) is 21.1. The van der Waals surface area contributed by atoms with Crippen LogP contribution in [-0.2, 0) is 11.3 Å². The summed E-state index contributed by atoms with van der Waals surface area (Å²) in [6.07, 6.45) is 4.59. The molecule has 5 aliphatic rings. The van der Waals surface area contributed by atoms with Gasteiger partial charge in [0.2, 0.25) is 11.9 Å². The van der Waals surface area contributed by atoms with E-state index >= 15 is 0 Å². The molecule has 3 aromatic rings. The second-order valence-corrected chi connectivity index (χ2v) is 9.67. The van der Waals surface area contributed by atoms with E-state index in [-0.39, 0.29) is 5.91 Å². The second kappa shape index (κ2) is 11.0. The number of anilines is 3. The topological polar surface area (TPSA) is 80.7 Å². The third-order valence-corrected chi connectivity index (χ3v) is 6.84. The van der Waals surface area contributed by atoms with Gasteiger partial charge in [0.1, 0.15) is 5.82 Å². The fourth-order valence-corrected chi connectivity index (χ4v) is 4.74. The summed E-state index contributed by atoms with van der Waals surface area (Å²) >= 11 is 0. The fourth-order valence-electron chi connectivity index (χ4n) is 4.74. The molecule has 1 aromatic carbocycles. The molecule has 0 unspecified atom stereocenters. The minimum atomic E-state index is 0.217. The largest absolute Gasteiger partial charge is 0.360 e. The number of aromatic nitrogens is 3. The van der Waals surface area contributed by atoms with Gasteiger partial charge in [-0.15, -0.1) is 0 Å². The molecule has 9 nitrogen and oxygen atoms in total. The van der Waals surface area contributed by atoms with Crippen molar-refractivity contribution in [2.75, 3.05) is 70.1 Å². The molecule has 0 spiro atoms. The maximum absolute atomic E-state index is 12.8. The number of benzene rings is 1. The quantitative estimate of drug-likeness (QED) is 0.520. The molecule has 188 valence electrons. The van der Waals surface area contributed by atoms with Crippen LogP contribution in [0.25, 0.3) is 11.3 Å². The van der Waals surface area contributed by atoms with Gasteiger partial charge in [0, 0.05) is 76.5 Å². The van der Waals surface area contributed by atoms with Crippen molar-refractivity contribution in [3.63, 3.8) is 0 Å². The van der Waals surface area contributed by atoms with Crippen LogP contribution >= 0.6 is 0 Å². The number of nitrogens with zero attached hydrogens (tertiary/aromatic N) is 7. The number of pyridine rings is 1. The highest BCUT2D eigenvalue weighted by molar-refractivity contribution is 5.78. The summed E-state index contributed by atoms with van der Waals surface area (Å²) in [4.78, 5) is 35.3. The lowest BCUT2D eigenvalue weighted by Gasteiger charge is -2.35. The number of rotatable bonds is 0. The van der Waals surface area contributed by atoms with Crippen molar-refractivity contribution in [1.82, 2.24) is 29.7 Å². The average molecular weight is 487 g/mol. The van der Waals surface area contributed by atoms with Crippen molar-refractivity contribution in [1.29, 1.82) is 0 Å². The van der Waals surface area contributed by atoms with Gasteiger partial charge in [-0.05, 0) is 49.4 Å². The fraction of sp³-hybridized carbons (Fsp3) is 0.407. The molecule has 5 aliphatic heterocycles. The Morgan fingerprint density at radius 2 is 1.75 bits per heavy atom. The van der Waals surface area contributed by atoms with Crippen LogP contribution in [0.5, 0.6) is 0 Å². The van der Waals surface area contributed by atoms with Crippen molar-refractivity contribution < 1.29 is 4.79 Å². The molecule has 1 fully saturated rings. The number of piperazine rings is 1. The van der Waals surface area contributed by atoms with E-state index in [0.29, 0.717) is 12.5 Å². The number of nitrogens with one attached hydrogen (secondary N) is 1. The first-order chi connectivity index (χ1) is 17.5. The van der Waals surface area contributed by atoms with Crippen LogP contribution in [0.15, 0.2) is 54.9 Å². The summed E-state index contributed by atoms with van der Waals surface area (Å²) in [5.41, 5.74) is 3.95. The monoisotopic (exact) mass is 486 g/mol. The van der Waals surface area contributed by atoms with Gasteiger partial charge in [0.25, 0.3) is 0 Å². The lowest BCUT2D eigenvalue weighted by molar-refractivity contribution is -0.133. The van der Waals surface area contributed by atoms with Crippen LogP contribution < -0.4 is 10.2 Å². The highest BCUT2D eigenvalue weighted by Crippen LogP contribution is 2.22. The van der Waals surface area contributed by atoms with Crippen LogP contribution in [0.4, 0.5) is 17.5 Å². The third kappa shape index (κ3) is 5.98. The molecule has 0 atom stereocenters. The molecule has 9 heteroatoms. The smallest absolute Gasteiger partial charge is 0.236 e. The first kappa shape index (κ1) is 24.1. The Hall–Kier alpha value is -3.56. The van der Waals surface area contributed by atoms with E-state index in [9.17, 15) is 4.79 Å². The Balaban J connectivity index is 1.38. The highest BCUT2D eigenvalue weighted by Gasteiger charge is 2.22. The molecular weight excluding hydrogens is 452 g/mol. The number of amides is 1. The van der Waals surface area contributed by atoms with Gasteiger partial charge in [-0.3, -0.25) is 14.6 Å². The standard InChI is InChI=1S/C27H34N8O/c1-32-11-4-12-33(2)25-8-7-22(18-29-25)24-9-10-28-27(31-24)30-23-6-3-5-21(17-23)19-34-13-15-35(16-14-34)26(36)20-32/h3,5-10,17-18H,4,11-16,19-20H2,1-2H3,(H,28,30,31). The van der Waals surface area contributed by atoms with E-state index < -0.39 is 0 Å². The molecule has 0 radical (unpaired) electrons. The average Bonchev–Trinajstić information content (AvgIpc) is 2.89. The normalized spacial score (nSPS) is 18.3. The SMILES string of the molecule is CN1CCCN(C)c2ccc(cn2)-c2ccnc(n2)Nc2cccc(c2)CN2CCN(CC2)C(=O)C1. The lowest BCUT2D eigenvalue weighted by Crippen LogP contribution is -2.50. The van der Waals surface area contributed by atoms with Gasteiger partial charge in [0.05, 0.1) is 12.2 Å². The summed E-state index contributed by atoms with van der Waals surface area (Å²) in [6, 6.07) is 14.3. The van der Waals surface area contributed by atoms with Crippen molar-refractivity contribution >= 4 is 23.4 Å². The lowest BCUT2D eigenvalue weighted by atomic mass is 10.1. The summed E-state index contributed by atoms with van der Waals surface area (Å²) in [5.74, 6) is 1.69. The summed E-state index contributed by atoms with van der Waals surface area (Å²) in [5, 5.41) is 3.35. The third-order valence-electron chi connectivity index (χ3n) is 6.84. The van der Waals surface area contributed by atoms with E-state index in [0.717, 1.165) is 75.0 Å². The first-order valence-corrected chi connectivity index (χ1v) is 12.6. The van der Waals surface area contributed by atoms with E-state index in [1.807, 2.05) is 42.4 Å². The molecule has 0 aliphatic carbocycles. The predicted octanol–water partition coefficient (Wildman–Crippen LogP) is 2.70. The van der Waals surface area contributed by atoms with E-state index in [4.69, 9.17) is 4.98 Å². The maximum atomic E-state index is 12.8. The maximum Gasteiger partial charge on any atom is 0.236 e. The van der Waals surface area contributed by atoms with Gasteiger partial charge in [-0.2, -0.15) is 0 Å². The minimum absolute atomic E-state index is 0.217. The Morgan fingerprint density at radius 3 is 2.56 bits per heavy atom. The molecule has 8 bridgehead atoms. The van der Waals surface area contributed by atoms with Crippen molar-refractivity contribution in [2.24, 2.45) is 0 Å². The number of hydrogen-bond donors (Lipinski definition) is 1. The van der Waals surface area contributed by atoms with Gasteiger partial charge in [0.15, 0.2) is 0 Å². The molecule has 1 amide bonds. The van der Waals surface area contributed by atoms with Crippen LogP contribution in [-0.4, -0.2) is 95.5 Å². The van der Waals surface area contributed by atoms with Gasteiger partial charge in [-0.25, -0.2) is 15.0 Å². The first-order valence-electron chi connectivity index (χ1n) is 12.6. The summed E-state index contributed by atoms with van der Waals surface area (Å²) < 4.78 is 0. The van der Waals surface area contributed by atoms with Gasteiger partial charge in [-0.1, -0.05) is 12.1 Å². The van der Waals surface area contributed by atoms with Crippen LogP contribution in [0.2, 0.25) is 0 Å². The van der Waals surface area contributed by atoms with Crippen molar-refractivity contribution in [2.45, 2.75) is 13.0 Å². The van der Waals surface area contributed by atoms with Crippen LogP contribution in [0.3, 0.4) is 0 Å². The predicted molar refractivity (Wildman–Crippen MR) is 142 cm³/mol. The second-order valence-electron chi connectivity index (χ2n) is 9.67. The van der Waals surface area contributed by atoms with Crippen LogP contribution in [0, 0.1) is 0 Å². The summed E-state index contributed by atoms with van der Waals surface area (Å²) in [6.45, 7) is 6.35. The number of hydrogen-bond acceptors (Lipinski definition) is 8. The highest BCUT2D eigenvalue weighted by atomic mass is 16.2. The number of carbonyl (C=O) groups is 1. The molecule has 36 heavy (non-hydrogen) atoms.